The van der Waals surface area contributed by atoms with Gasteiger partial charge in [-0.25, -0.2) is 9.50 Å². The molecule has 1 atom stereocenters. The topological polar surface area (TPSA) is 135 Å². The lowest BCUT2D eigenvalue weighted by Gasteiger charge is -2.12. The van der Waals surface area contributed by atoms with Gasteiger partial charge in [0.15, 0.2) is 17.4 Å². The molecule has 2 aromatic heterocycles. The van der Waals surface area contributed by atoms with Crippen molar-refractivity contribution in [3.8, 4) is 23.1 Å². The molecular weight excluding hydrogens is 405 g/mol. The van der Waals surface area contributed by atoms with Gasteiger partial charge in [-0.15, -0.1) is 0 Å². The summed E-state index contributed by atoms with van der Waals surface area (Å²) in [4.78, 5) is 27.7. The maximum Gasteiger partial charge on any atom is 0.433 e. The number of hydrogen-bond donors (Lipinski definition) is 2. The summed E-state index contributed by atoms with van der Waals surface area (Å²) in [5, 5.41) is 14.5. The molecule has 0 radical (unpaired) electrons. The average Bonchev–Trinajstić information content (AvgIpc) is 3.14. The minimum Gasteiger partial charge on any atom is -0.497 e. The van der Waals surface area contributed by atoms with Gasteiger partial charge in [-0.05, 0) is 30.3 Å². The van der Waals surface area contributed by atoms with Crippen LogP contribution in [0.25, 0.3) is 16.9 Å². The number of aromatic nitrogens is 3. The van der Waals surface area contributed by atoms with Crippen molar-refractivity contribution in [3.05, 3.63) is 47.8 Å². The first-order valence-electron chi connectivity index (χ1n) is 8.26. The van der Waals surface area contributed by atoms with Crippen LogP contribution in [0, 0.1) is 11.3 Å². The third kappa shape index (κ3) is 3.86. The van der Waals surface area contributed by atoms with Crippen LogP contribution >= 0.6 is 0 Å². The summed E-state index contributed by atoms with van der Waals surface area (Å²) in [6.07, 6.45) is -3.94. The number of methoxy groups -OCH3 is 1. The smallest absolute Gasteiger partial charge is 0.433 e. The Hall–Kier alpha value is -4.14. The van der Waals surface area contributed by atoms with Crippen LogP contribution in [0.1, 0.15) is 16.1 Å². The third-order valence-electron chi connectivity index (χ3n) is 4.08. The molecule has 1 unspecified atom stereocenters. The highest BCUT2D eigenvalue weighted by molar-refractivity contribution is 6.02. The molecule has 0 spiro atoms. The first-order valence-corrected chi connectivity index (χ1v) is 8.26. The Bertz CT molecular complexity index is 1160. The SMILES string of the molecule is COc1ccc(-c2cc(C(F)(F)F)n3ncc(C(=O)NC(C#N)C(N)=O)c3n2)cc1. The van der Waals surface area contributed by atoms with Gasteiger partial charge in [0.1, 0.15) is 11.3 Å². The van der Waals surface area contributed by atoms with Crippen molar-refractivity contribution in [2.45, 2.75) is 12.2 Å². The molecule has 0 aliphatic rings. The lowest BCUT2D eigenvalue weighted by Crippen LogP contribution is -2.43. The zero-order chi connectivity index (χ0) is 22.1. The van der Waals surface area contributed by atoms with Crippen LogP contribution < -0.4 is 15.8 Å². The van der Waals surface area contributed by atoms with E-state index in [4.69, 9.17) is 15.7 Å². The van der Waals surface area contributed by atoms with E-state index in [2.05, 4.69) is 10.1 Å². The fraction of sp³-hybridized carbons (Fsp3) is 0.167. The standard InChI is InChI=1S/C18H13F3N6O3/c1-30-10-4-2-9(3-5-10)12-6-14(18(19,20)21)27-16(25-12)11(8-24-27)17(29)26-13(7-22)15(23)28/h2-6,8,13H,1H3,(H2,23,28)(H,26,29). The molecule has 1 aromatic carbocycles. The number of fused-ring (bicyclic) bond motifs is 1. The number of ether oxygens (including phenoxy) is 1. The maximum atomic E-state index is 13.6. The van der Waals surface area contributed by atoms with Gasteiger partial charge < -0.3 is 15.8 Å². The number of halogens is 3. The van der Waals surface area contributed by atoms with Crippen molar-refractivity contribution in [2.75, 3.05) is 7.11 Å². The number of nitrogens with zero attached hydrogens (tertiary/aromatic N) is 4. The first-order chi connectivity index (χ1) is 14.2. The molecule has 9 nitrogen and oxygen atoms in total. The van der Waals surface area contributed by atoms with Gasteiger partial charge in [0.25, 0.3) is 11.8 Å². The molecule has 0 bridgehead atoms. The summed E-state index contributed by atoms with van der Waals surface area (Å²) in [7, 11) is 1.44. The number of alkyl halides is 3. The number of rotatable bonds is 5. The average molecular weight is 418 g/mol. The number of hydrogen-bond acceptors (Lipinski definition) is 6. The molecule has 0 saturated heterocycles. The first kappa shape index (κ1) is 20.6. The van der Waals surface area contributed by atoms with Gasteiger partial charge in [0.05, 0.1) is 25.1 Å². The fourth-order valence-corrected chi connectivity index (χ4v) is 2.61. The predicted molar refractivity (Wildman–Crippen MR) is 96.0 cm³/mol. The molecule has 30 heavy (non-hydrogen) atoms. The number of nitriles is 1. The zero-order valence-corrected chi connectivity index (χ0v) is 15.3. The Morgan fingerprint density at radius 1 is 1.30 bits per heavy atom. The Labute approximate surface area is 166 Å². The van der Waals surface area contributed by atoms with Gasteiger partial charge in [0, 0.05) is 5.56 Å². The van der Waals surface area contributed by atoms with E-state index in [9.17, 15) is 22.8 Å². The van der Waals surface area contributed by atoms with Gasteiger partial charge in [0.2, 0.25) is 0 Å². The highest BCUT2D eigenvalue weighted by Crippen LogP contribution is 2.33. The largest absolute Gasteiger partial charge is 0.497 e. The van der Waals surface area contributed by atoms with Crippen LogP contribution in [-0.2, 0) is 11.0 Å². The predicted octanol–water partition coefficient (Wildman–Crippen LogP) is 1.53. The summed E-state index contributed by atoms with van der Waals surface area (Å²) in [6, 6.07) is 6.71. The van der Waals surface area contributed by atoms with Crippen LogP contribution in [0.4, 0.5) is 13.2 Å². The quantitative estimate of drug-likeness (QED) is 0.645. The summed E-state index contributed by atoms with van der Waals surface area (Å²) >= 11 is 0. The molecule has 12 heteroatoms. The van der Waals surface area contributed by atoms with E-state index >= 15 is 0 Å². The normalized spacial score (nSPS) is 12.2. The minimum atomic E-state index is -4.80. The van der Waals surface area contributed by atoms with Crippen molar-refractivity contribution in [3.63, 3.8) is 0 Å². The Morgan fingerprint density at radius 2 is 1.97 bits per heavy atom. The van der Waals surface area contributed by atoms with Gasteiger partial charge in [-0.1, -0.05) is 0 Å². The highest BCUT2D eigenvalue weighted by Gasteiger charge is 2.36. The fourth-order valence-electron chi connectivity index (χ4n) is 2.61. The van der Waals surface area contributed by atoms with Crippen LogP contribution in [0.15, 0.2) is 36.5 Å². The molecule has 3 rings (SSSR count). The van der Waals surface area contributed by atoms with E-state index < -0.39 is 35.4 Å². The number of primary amides is 1. The number of carbonyl (C=O) groups is 2. The molecule has 154 valence electrons. The number of benzene rings is 1. The molecule has 3 aromatic rings. The Balaban J connectivity index is 2.16. The molecule has 0 saturated carbocycles. The van der Waals surface area contributed by atoms with E-state index in [1.54, 1.807) is 12.1 Å². The molecule has 2 heterocycles. The number of carbonyl (C=O) groups excluding carboxylic acids is 2. The zero-order valence-electron chi connectivity index (χ0n) is 15.3. The summed E-state index contributed by atoms with van der Waals surface area (Å²) in [6.45, 7) is 0. The van der Waals surface area contributed by atoms with Gasteiger partial charge in [-0.2, -0.15) is 23.5 Å². The minimum absolute atomic E-state index is 0.0706. The van der Waals surface area contributed by atoms with Crippen molar-refractivity contribution in [1.82, 2.24) is 19.9 Å². The number of nitrogens with one attached hydrogen (secondary N) is 1. The van der Waals surface area contributed by atoms with E-state index in [1.165, 1.54) is 25.3 Å². The summed E-state index contributed by atoms with van der Waals surface area (Å²) < 4.78 is 46.3. The Kier molecular flexibility index (Phi) is 5.29. The highest BCUT2D eigenvalue weighted by atomic mass is 19.4. The maximum absolute atomic E-state index is 13.6. The van der Waals surface area contributed by atoms with Crippen LogP contribution in [0.5, 0.6) is 5.75 Å². The van der Waals surface area contributed by atoms with Gasteiger partial charge >= 0.3 is 6.18 Å². The second-order valence-corrected chi connectivity index (χ2v) is 5.98. The van der Waals surface area contributed by atoms with Crippen LogP contribution in [0.3, 0.4) is 0 Å². The molecule has 2 amide bonds. The van der Waals surface area contributed by atoms with E-state index in [1.807, 2.05) is 5.32 Å². The van der Waals surface area contributed by atoms with Crippen molar-refractivity contribution in [2.24, 2.45) is 5.73 Å². The summed E-state index contributed by atoms with van der Waals surface area (Å²) in [5.74, 6) is -1.65. The Morgan fingerprint density at radius 3 is 2.50 bits per heavy atom. The number of nitrogens with two attached hydrogens (primary N) is 1. The molecule has 0 fully saturated rings. The monoisotopic (exact) mass is 418 g/mol. The van der Waals surface area contributed by atoms with Gasteiger partial charge in [-0.3, -0.25) is 9.59 Å². The second-order valence-electron chi connectivity index (χ2n) is 5.98. The lowest BCUT2D eigenvalue weighted by atomic mass is 10.1. The molecule has 0 aliphatic carbocycles. The van der Waals surface area contributed by atoms with E-state index in [0.29, 0.717) is 15.8 Å². The lowest BCUT2D eigenvalue weighted by molar-refractivity contribution is -0.142. The van der Waals surface area contributed by atoms with E-state index in [-0.39, 0.29) is 11.3 Å². The van der Waals surface area contributed by atoms with Crippen LogP contribution in [-0.4, -0.2) is 39.6 Å². The number of amides is 2. The van der Waals surface area contributed by atoms with Crippen molar-refractivity contribution in [1.29, 1.82) is 5.26 Å². The molecule has 3 N–H and O–H groups in total. The summed E-state index contributed by atoms with van der Waals surface area (Å²) in [5.41, 5.74) is 3.33. The van der Waals surface area contributed by atoms with Crippen molar-refractivity contribution >= 4 is 17.5 Å². The second kappa shape index (κ2) is 7.70. The molecule has 0 aliphatic heterocycles. The van der Waals surface area contributed by atoms with Crippen LogP contribution in [0.2, 0.25) is 0 Å². The molecular formula is C18H13F3N6O3. The van der Waals surface area contributed by atoms with Crippen molar-refractivity contribution < 1.29 is 27.5 Å². The van der Waals surface area contributed by atoms with E-state index in [0.717, 1.165) is 12.3 Å². The third-order valence-corrected chi connectivity index (χ3v) is 4.08.